The molecule has 1 saturated carbocycles. The van der Waals surface area contributed by atoms with Crippen LogP contribution in [0, 0.1) is 23.2 Å². The minimum Gasteiger partial charge on any atom is -0.380 e. The normalized spacial score (nSPS) is 37.8. The second kappa shape index (κ2) is 6.08. The molecule has 1 fully saturated rings. The zero-order valence-corrected chi connectivity index (χ0v) is 12.3. The van der Waals surface area contributed by atoms with E-state index in [-0.39, 0.29) is 11.3 Å². The SMILES string of the molecule is CCCC(O)C#CC1(O)C(C)CCCC1(C)CC. The monoisotopic (exact) mass is 252 g/mol. The Kier molecular flexibility index (Phi) is 5.25. The van der Waals surface area contributed by atoms with E-state index in [2.05, 4.69) is 32.6 Å². The number of hydrogen-bond donors (Lipinski definition) is 2. The first-order chi connectivity index (χ1) is 8.39. The van der Waals surface area contributed by atoms with Gasteiger partial charge < -0.3 is 10.2 Å². The van der Waals surface area contributed by atoms with Crippen molar-refractivity contribution in [2.24, 2.45) is 11.3 Å². The molecule has 0 aromatic carbocycles. The van der Waals surface area contributed by atoms with Gasteiger partial charge >= 0.3 is 0 Å². The van der Waals surface area contributed by atoms with Crippen molar-refractivity contribution in [3.8, 4) is 11.8 Å². The van der Waals surface area contributed by atoms with Gasteiger partial charge in [0, 0.05) is 5.41 Å². The minimum atomic E-state index is -0.950. The highest BCUT2D eigenvalue weighted by atomic mass is 16.3. The summed E-state index contributed by atoms with van der Waals surface area (Å²) in [6, 6.07) is 0. The molecule has 0 aromatic rings. The van der Waals surface area contributed by atoms with Crippen molar-refractivity contribution < 1.29 is 10.2 Å². The van der Waals surface area contributed by atoms with E-state index in [1.807, 2.05) is 6.92 Å². The fourth-order valence-corrected chi connectivity index (χ4v) is 3.05. The van der Waals surface area contributed by atoms with Crippen LogP contribution in [0.2, 0.25) is 0 Å². The predicted molar refractivity (Wildman–Crippen MR) is 75.1 cm³/mol. The number of aliphatic hydroxyl groups excluding tert-OH is 1. The second-order valence-electron chi connectivity index (χ2n) is 6.05. The fraction of sp³-hybridized carbons (Fsp3) is 0.875. The number of aliphatic hydroxyl groups is 2. The first-order valence-corrected chi connectivity index (χ1v) is 7.32. The highest BCUT2D eigenvalue weighted by molar-refractivity contribution is 5.24. The molecule has 0 amide bonds. The lowest BCUT2D eigenvalue weighted by Crippen LogP contribution is -2.52. The maximum absolute atomic E-state index is 11.0. The van der Waals surface area contributed by atoms with Crippen LogP contribution in [0.1, 0.15) is 66.2 Å². The lowest BCUT2D eigenvalue weighted by molar-refractivity contribution is -0.0977. The van der Waals surface area contributed by atoms with Crippen molar-refractivity contribution in [3.05, 3.63) is 0 Å². The fourth-order valence-electron chi connectivity index (χ4n) is 3.05. The molecule has 0 aromatic heterocycles. The van der Waals surface area contributed by atoms with Gasteiger partial charge in [0.15, 0.2) is 0 Å². The lowest BCUT2D eigenvalue weighted by atomic mass is 9.59. The van der Waals surface area contributed by atoms with Gasteiger partial charge in [0.2, 0.25) is 0 Å². The van der Waals surface area contributed by atoms with Gasteiger partial charge in [-0.2, -0.15) is 0 Å². The Bertz CT molecular complexity index is 328. The van der Waals surface area contributed by atoms with Crippen LogP contribution < -0.4 is 0 Å². The summed E-state index contributed by atoms with van der Waals surface area (Å²) >= 11 is 0. The topological polar surface area (TPSA) is 40.5 Å². The molecule has 0 saturated heterocycles. The van der Waals surface area contributed by atoms with E-state index < -0.39 is 11.7 Å². The molecule has 2 heteroatoms. The second-order valence-corrected chi connectivity index (χ2v) is 6.05. The molecule has 1 aliphatic carbocycles. The third kappa shape index (κ3) is 2.90. The number of hydrogen-bond acceptors (Lipinski definition) is 2. The molecule has 18 heavy (non-hydrogen) atoms. The largest absolute Gasteiger partial charge is 0.380 e. The zero-order valence-electron chi connectivity index (χ0n) is 12.3. The smallest absolute Gasteiger partial charge is 0.133 e. The summed E-state index contributed by atoms with van der Waals surface area (Å²) in [5.74, 6) is 6.08. The predicted octanol–water partition coefficient (Wildman–Crippen LogP) is 3.12. The molecule has 0 heterocycles. The third-order valence-electron chi connectivity index (χ3n) is 4.77. The Balaban J connectivity index is 2.97. The van der Waals surface area contributed by atoms with Gasteiger partial charge in [0.05, 0.1) is 0 Å². The van der Waals surface area contributed by atoms with Gasteiger partial charge in [-0.1, -0.05) is 52.4 Å². The van der Waals surface area contributed by atoms with Gasteiger partial charge in [-0.3, -0.25) is 0 Å². The average Bonchev–Trinajstić information content (AvgIpc) is 2.34. The molecule has 2 nitrogen and oxygen atoms in total. The quantitative estimate of drug-likeness (QED) is 0.758. The minimum absolute atomic E-state index is 0.149. The van der Waals surface area contributed by atoms with E-state index in [4.69, 9.17) is 0 Å². The third-order valence-corrected chi connectivity index (χ3v) is 4.77. The summed E-state index contributed by atoms with van der Waals surface area (Å²) in [5, 5.41) is 20.7. The van der Waals surface area contributed by atoms with Crippen molar-refractivity contribution in [2.45, 2.75) is 77.9 Å². The van der Waals surface area contributed by atoms with Crippen molar-refractivity contribution in [2.75, 3.05) is 0 Å². The maximum atomic E-state index is 11.0. The van der Waals surface area contributed by atoms with Crippen molar-refractivity contribution >= 4 is 0 Å². The highest BCUT2D eigenvalue weighted by Gasteiger charge is 2.50. The maximum Gasteiger partial charge on any atom is 0.133 e. The molecule has 1 rings (SSSR count). The summed E-state index contributed by atoms with van der Waals surface area (Å²) in [6.45, 7) is 8.35. The van der Waals surface area contributed by atoms with E-state index in [0.717, 1.165) is 32.1 Å². The lowest BCUT2D eigenvalue weighted by Gasteiger charge is -2.49. The molecule has 0 radical (unpaired) electrons. The Morgan fingerprint density at radius 3 is 2.61 bits per heavy atom. The van der Waals surface area contributed by atoms with Gasteiger partial charge in [-0.15, -0.1) is 0 Å². The molecular weight excluding hydrogens is 224 g/mol. The summed E-state index contributed by atoms with van der Waals surface area (Å²) in [6.07, 6.45) is 5.11. The van der Waals surface area contributed by atoms with E-state index in [0.29, 0.717) is 6.42 Å². The summed E-state index contributed by atoms with van der Waals surface area (Å²) in [4.78, 5) is 0. The first kappa shape index (κ1) is 15.5. The summed E-state index contributed by atoms with van der Waals surface area (Å²) in [7, 11) is 0. The van der Waals surface area contributed by atoms with Crippen LogP contribution in [0.15, 0.2) is 0 Å². The molecule has 4 unspecified atom stereocenters. The Morgan fingerprint density at radius 2 is 2.06 bits per heavy atom. The van der Waals surface area contributed by atoms with Crippen LogP contribution in [-0.2, 0) is 0 Å². The number of rotatable bonds is 3. The molecule has 1 aliphatic rings. The molecule has 2 N–H and O–H groups in total. The highest BCUT2D eigenvalue weighted by Crippen LogP contribution is 2.49. The van der Waals surface area contributed by atoms with E-state index >= 15 is 0 Å². The van der Waals surface area contributed by atoms with Crippen molar-refractivity contribution in [3.63, 3.8) is 0 Å². The van der Waals surface area contributed by atoms with Crippen LogP contribution in [0.4, 0.5) is 0 Å². The Hall–Kier alpha value is -0.520. The first-order valence-electron chi connectivity index (χ1n) is 7.32. The molecule has 104 valence electrons. The summed E-state index contributed by atoms with van der Waals surface area (Å²) in [5.41, 5.74) is -1.10. The van der Waals surface area contributed by atoms with Gasteiger partial charge in [0.25, 0.3) is 0 Å². The van der Waals surface area contributed by atoms with Crippen LogP contribution >= 0.6 is 0 Å². The Morgan fingerprint density at radius 1 is 1.39 bits per heavy atom. The van der Waals surface area contributed by atoms with Crippen molar-refractivity contribution in [1.82, 2.24) is 0 Å². The van der Waals surface area contributed by atoms with Crippen LogP contribution in [0.5, 0.6) is 0 Å². The van der Waals surface area contributed by atoms with Gasteiger partial charge in [-0.05, 0) is 31.6 Å². The standard InChI is InChI=1S/C16H28O2/c1-5-8-14(17)10-12-16(18)13(3)9-7-11-15(16,4)6-2/h13-14,17-18H,5-9,11H2,1-4H3. The van der Waals surface area contributed by atoms with E-state index in [1.165, 1.54) is 0 Å². The van der Waals surface area contributed by atoms with Crippen molar-refractivity contribution in [1.29, 1.82) is 0 Å². The molecule has 4 atom stereocenters. The van der Waals surface area contributed by atoms with Gasteiger partial charge in [-0.25, -0.2) is 0 Å². The van der Waals surface area contributed by atoms with Crippen LogP contribution in [0.25, 0.3) is 0 Å². The summed E-state index contributed by atoms with van der Waals surface area (Å²) < 4.78 is 0. The average molecular weight is 252 g/mol. The Labute approximate surface area is 112 Å². The molecular formula is C16H28O2. The van der Waals surface area contributed by atoms with E-state index in [1.54, 1.807) is 0 Å². The zero-order chi connectivity index (χ0) is 13.8. The van der Waals surface area contributed by atoms with Gasteiger partial charge in [0.1, 0.15) is 11.7 Å². The van der Waals surface area contributed by atoms with Crippen LogP contribution in [0.3, 0.4) is 0 Å². The van der Waals surface area contributed by atoms with Crippen LogP contribution in [-0.4, -0.2) is 21.9 Å². The van der Waals surface area contributed by atoms with E-state index in [9.17, 15) is 10.2 Å². The molecule has 0 aliphatic heterocycles. The molecule has 0 bridgehead atoms. The molecule has 0 spiro atoms.